The van der Waals surface area contributed by atoms with E-state index in [-0.39, 0.29) is 11.9 Å². The molecule has 5 heteroatoms. The summed E-state index contributed by atoms with van der Waals surface area (Å²) in [6.45, 7) is 0. The zero-order valence-electron chi connectivity index (χ0n) is 9.31. The van der Waals surface area contributed by atoms with Crippen molar-refractivity contribution in [3.8, 4) is 5.75 Å². The number of rotatable bonds is 4. The van der Waals surface area contributed by atoms with E-state index in [1.54, 1.807) is 18.4 Å². The second-order valence-corrected chi connectivity index (χ2v) is 3.54. The lowest BCUT2D eigenvalue weighted by molar-refractivity contribution is 0.402. The van der Waals surface area contributed by atoms with Crippen LogP contribution in [0.15, 0.2) is 41.2 Å². The van der Waals surface area contributed by atoms with E-state index in [1.807, 2.05) is 0 Å². The Balaban J connectivity index is 2.46. The van der Waals surface area contributed by atoms with Crippen LogP contribution in [0.25, 0.3) is 0 Å². The van der Waals surface area contributed by atoms with Crippen LogP contribution in [-0.4, -0.2) is 7.11 Å². The molecule has 0 fully saturated rings. The smallest absolute Gasteiger partial charge is 0.124 e. The molecular formula is C12H13FN2O2. The first kappa shape index (κ1) is 11.6. The first-order valence-corrected chi connectivity index (χ1v) is 5.08. The van der Waals surface area contributed by atoms with Gasteiger partial charge in [-0.15, -0.1) is 0 Å². The van der Waals surface area contributed by atoms with Gasteiger partial charge in [0.1, 0.15) is 11.6 Å². The van der Waals surface area contributed by atoms with E-state index in [9.17, 15) is 4.39 Å². The van der Waals surface area contributed by atoms with Gasteiger partial charge in [0.2, 0.25) is 0 Å². The van der Waals surface area contributed by atoms with Crippen molar-refractivity contribution in [2.45, 2.75) is 6.04 Å². The third-order valence-corrected chi connectivity index (χ3v) is 2.55. The highest BCUT2D eigenvalue weighted by Crippen LogP contribution is 2.30. The molecule has 1 atom stereocenters. The topological polar surface area (TPSA) is 60.4 Å². The summed E-state index contributed by atoms with van der Waals surface area (Å²) in [6.07, 6.45) is 3.08. The Bertz CT molecular complexity index is 485. The summed E-state index contributed by atoms with van der Waals surface area (Å²) in [4.78, 5) is 0. The second kappa shape index (κ2) is 4.99. The maximum absolute atomic E-state index is 13.3. The van der Waals surface area contributed by atoms with Gasteiger partial charge in [0.25, 0.3) is 0 Å². The molecule has 17 heavy (non-hydrogen) atoms. The Hall–Kier alpha value is -1.85. The number of furan rings is 1. The molecular weight excluding hydrogens is 223 g/mol. The van der Waals surface area contributed by atoms with Crippen LogP contribution in [-0.2, 0) is 0 Å². The van der Waals surface area contributed by atoms with Gasteiger partial charge in [-0.3, -0.25) is 5.84 Å². The van der Waals surface area contributed by atoms with E-state index in [0.29, 0.717) is 11.3 Å². The minimum absolute atomic E-state index is 0.343. The average Bonchev–Trinajstić information content (AvgIpc) is 2.84. The van der Waals surface area contributed by atoms with Crippen molar-refractivity contribution in [2.75, 3.05) is 7.11 Å². The molecule has 0 aliphatic rings. The lowest BCUT2D eigenvalue weighted by Gasteiger charge is -2.17. The molecule has 1 heterocycles. The third-order valence-electron chi connectivity index (χ3n) is 2.55. The van der Waals surface area contributed by atoms with E-state index < -0.39 is 0 Å². The minimum atomic E-state index is -0.376. The van der Waals surface area contributed by atoms with Crippen molar-refractivity contribution in [3.05, 3.63) is 53.7 Å². The van der Waals surface area contributed by atoms with Gasteiger partial charge >= 0.3 is 0 Å². The van der Waals surface area contributed by atoms with E-state index in [2.05, 4.69) is 5.43 Å². The Labute approximate surface area is 98.2 Å². The van der Waals surface area contributed by atoms with Crippen molar-refractivity contribution in [1.29, 1.82) is 0 Å². The second-order valence-electron chi connectivity index (χ2n) is 3.54. The fourth-order valence-electron chi connectivity index (χ4n) is 1.74. The van der Waals surface area contributed by atoms with Gasteiger partial charge in [-0.05, 0) is 24.3 Å². The van der Waals surface area contributed by atoms with Crippen LogP contribution in [0.3, 0.4) is 0 Å². The zero-order chi connectivity index (χ0) is 12.3. The van der Waals surface area contributed by atoms with Gasteiger partial charge in [0.05, 0.1) is 25.7 Å². The number of hydrazine groups is 1. The van der Waals surface area contributed by atoms with Crippen LogP contribution in [0.4, 0.5) is 4.39 Å². The maximum Gasteiger partial charge on any atom is 0.124 e. The first-order valence-electron chi connectivity index (χ1n) is 5.08. The number of hydrogen-bond acceptors (Lipinski definition) is 4. The number of benzene rings is 1. The normalized spacial score (nSPS) is 12.4. The van der Waals surface area contributed by atoms with Crippen molar-refractivity contribution in [1.82, 2.24) is 5.43 Å². The van der Waals surface area contributed by atoms with Crippen LogP contribution in [0.1, 0.15) is 17.2 Å². The molecule has 0 bridgehead atoms. The SMILES string of the molecule is COc1ccc(F)cc1C(NN)c1ccoc1. The minimum Gasteiger partial charge on any atom is -0.496 e. The highest BCUT2D eigenvalue weighted by molar-refractivity contribution is 5.41. The number of halogens is 1. The fourth-order valence-corrected chi connectivity index (χ4v) is 1.74. The highest BCUT2D eigenvalue weighted by Gasteiger charge is 2.18. The average molecular weight is 236 g/mol. The van der Waals surface area contributed by atoms with Gasteiger partial charge in [0, 0.05) is 11.1 Å². The molecule has 4 nitrogen and oxygen atoms in total. The standard InChI is InChI=1S/C12H13FN2O2/c1-16-11-3-2-9(13)6-10(11)12(15-14)8-4-5-17-7-8/h2-7,12,15H,14H2,1H3. The summed E-state index contributed by atoms with van der Waals surface area (Å²) >= 11 is 0. The Kier molecular flexibility index (Phi) is 3.41. The molecule has 0 saturated heterocycles. The Morgan fingerprint density at radius 3 is 2.82 bits per heavy atom. The molecule has 0 saturated carbocycles. The molecule has 0 radical (unpaired) electrons. The molecule has 3 N–H and O–H groups in total. The molecule has 0 spiro atoms. The van der Waals surface area contributed by atoms with Crippen LogP contribution >= 0.6 is 0 Å². The van der Waals surface area contributed by atoms with Crippen molar-refractivity contribution >= 4 is 0 Å². The van der Waals surface area contributed by atoms with Crippen molar-refractivity contribution in [3.63, 3.8) is 0 Å². The molecule has 1 aromatic heterocycles. The van der Waals surface area contributed by atoms with Gasteiger partial charge in [-0.25, -0.2) is 9.82 Å². The number of nitrogens with one attached hydrogen (secondary N) is 1. The summed E-state index contributed by atoms with van der Waals surface area (Å²) in [5, 5.41) is 0. The molecule has 2 rings (SSSR count). The maximum atomic E-state index is 13.3. The molecule has 2 aromatic rings. The van der Waals surface area contributed by atoms with E-state index in [4.69, 9.17) is 15.0 Å². The largest absolute Gasteiger partial charge is 0.496 e. The van der Waals surface area contributed by atoms with E-state index in [1.165, 1.54) is 25.5 Å². The van der Waals surface area contributed by atoms with Crippen LogP contribution < -0.4 is 16.0 Å². The lowest BCUT2D eigenvalue weighted by Crippen LogP contribution is -2.29. The molecule has 0 aliphatic carbocycles. The van der Waals surface area contributed by atoms with Crippen LogP contribution in [0, 0.1) is 5.82 Å². The Morgan fingerprint density at radius 1 is 1.41 bits per heavy atom. The Morgan fingerprint density at radius 2 is 2.24 bits per heavy atom. The zero-order valence-corrected chi connectivity index (χ0v) is 9.31. The highest BCUT2D eigenvalue weighted by atomic mass is 19.1. The van der Waals surface area contributed by atoms with Gasteiger partial charge in [-0.2, -0.15) is 0 Å². The number of ether oxygens (including phenoxy) is 1. The summed E-state index contributed by atoms with van der Waals surface area (Å²) in [7, 11) is 1.53. The molecule has 90 valence electrons. The van der Waals surface area contributed by atoms with Crippen molar-refractivity contribution in [2.24, 2.45) is 5.84 Å². The van der Waals surface area contributed by atoms with E-state index in [0.717, 1.165) is 5.56 Å². The summed E-state index contributed by atoms with van der Waals surface area (Å²) in [5.41, 5.74) is 4.04. The molecule has 1 aromatic carbocycles. The monoisotopic (exact) mass is 236 g/mol. The number of nitrogens with two attached hydrogens (primary N) is 1. The number of methoxy groups -OCH3 is 1. The predicted molar refractivity (Wildman–Crippen MR) is 60.8 cm³/mol. The lowest BCUT2D eigenvalue weighted by atomic mass is 10.0. The summed E-state index contributed by atoms with van der Waals surface area (Å²) in [6, 6.07) is 5.67. The quantitative estimate of drug-likeness (QED) is 0.629. The van der Waals surface area contributed by atoms with Crippen molar-refractivity contribution < 1.29 is 13.5 Å². The van der Waals surface area contributed by atoms with Gasteiger partial charge in [0.15, 0.2) is 0 Å². The summed E-state index contributed by atoms with van der Waals surface area (Å²) in [5.74, 6) is 5.72. The fraction of sp³-hybridized carbons (Fsp3) is 0.167. The first-order chi connectivity index (χ1) is 8.26. The summed E-state index contributed by atoms with van der Waals surface area (Å²) < 4.78 is 23.5. The number of hydrogen-bond donors (Lipinski definition) is 2. The molecule has 0 aliphatic heterocycles. The predicted octanol–water partition coefficient (Wildman–Crippen LogP) is 1.98. The van der Waals surface area contributed by atoms with Gasteiger partial charge < -0.3 is 9.15 Å². The molecule has 0 amide bonds. The van der Waals surface area contributed by atoms with Gasteiger partial charge in [-0.1, -0.05) is 0 Å². The van der Waals surface area contributed by atoms with Crippen LogP contribution in [0.2, 0.25) is 0 Å². The van der Waals surface area contributed by atoms with Crippen LogP contribution in [0.5, 0.6) is 5.75 Å². The van der Waals surface area contributed by atoms with E-state index >= 15 is 0 Å². The molecule has 1 unspecified atom stereocenters. The third kappa shape index (κ3) is 2.30.